The van der Waals surface area contributed by atoms with Crippen molar-refractivity contribution >= 4 is 18.6 Å². The topological polar surface area (TPSA) is 87.0 Å². The lowest BCUT2D eigenvalue weighted by Gasteiger charge is -2.10. The fraction of sp³-hybridized carbons (Fsp3) is 0.222. The second-order valence-corrected chi connectivity index (χ2v) is 2.86. The Morgan fingerprint density at radius 1 is 1.47 bits per heavy atom. The lowest BCUT2D eigenvalue weighted by atomic mass is 9.79. The molecule has 1 rings (SSSR count). The van der Waals surface area contributed by atoms with Crippen molar-refractivity contribution in [2.75, 3.05) is 6.61 Å². The van der Waals surface area contributed by atoms with Crippen LogP contribution in [0.1, 0.15) is 17.3 Å². The van der Waals surface area contributed by atoms with Gasteiger partial charge in [0, 0.05) is 5.46 Å². The molecule has 0 heterocycles. The standard InChI is InChI=1S/C9H11BO5/c1-2-15-8-5-6(9(11)12)3-4-7(8)10(13)14/h3-5,13-14H,2H2,1H3,(H,11,12). The van der Waals surface area contributed by atoms with Gasteiger partial charge in [-0.2, -0.15) is 0 Å². The van der Waals surface area contributed by atoms with Gasteiger partial charge in [0.1, 0.15) is 5.75 Å². The first-order chi connectivity index (χ1) is 7.06. The van der Waals surface area contributed by atoms with Crippen LogP contribution in [0.25, 0.3) is 0 Å². The summed E-state index contributed by atoms with van der Waals surface area (Å²) in [5, 5.41) is 26.7. The zero-order valence-electron chi connectivity index (χ0n) is 8.17. The molecular formula is C9H11BO5. The molecule has 0 bridgehead atoms. The molecule has 0 radical (unpaired) electrons. The Kier molecular flexibility index (Phi) is 3.71. The maximum Gasteiger partial charge on any atom is 0.492 e. The Balaban J connectivity index is 3.14. The van der Waals surface area contributed by atoms with Crippen LogP contribution < -0.4 is 10.2 Å². The number of ether oxygens (including phenoxy) is 1. The lowest BCUT2D eigenvalue weighted by Crippen LogP contribution is -2.31. The van der Waals surface area contributed by atoms with Gasteiger partial charge in [0.15, 0.2) is 0 Å². The summed E-state index contributed by atoms with van der Waals surface area (Å²) in [7, 11) is -1.67. The summed E-state index contributed by atoms with van der Waals surface area (Å²) in [5.74, 6) is -0.915. The van der Waals surface area contributed by atoms with Crippen molar-refractivity contribution in [2.24, 2.45) is 0 Å². The minimum absolute atomic E-state index is 0.0443. The van der Waals surface area contributed by atoms with E-state index >= 15 is 0 Å². The van der Waals surface area contributed by atoms with E-state index in [9.17, 15) is 4.79 Å². The fourth-order valence-corrected chi connectivity index (χ4v) is 1.16. The van der Waals surface area contributed by atoms with Crippen LogP contribution in [-0.2, 0) is 0 Å². The van der Waals surface area contributed by atoms with Gasteiger partial charge in [0.25, 0.3) is 0 Å². The summed E-state index contributed by atoms with van der Waals surface area (Å²) < 4.78 is 5.11. The first kappa shape index (κ1) is 11.5. The highest BCUT2D eigenvalue weighted by Crippen LogP contribution is 2.11. The smallest absolute Gasteiger partial charge is 0.492 e. The average molecular weight is 210 g/mol. The SMILES string of the molecule is CCOc1cc(C(=O)O)ccc1B(O)O. The van der Waals surface area contributed by atoms with E-state index < -0.39 is 13.1 Å². The number of hydrogen-bond donors (Lipinski definition) is 3. The Morgan fingerprint density at radius 2 is 2.13 bits per heavy atom. The maximum absolute atomic E-state index is 10.7. The summed E-state index contributed by atoms with van der Waals surface area (Å²) in [5.41, 5.74) is 0.199. The van der Waals surface area contributed by atoms with E-state index in [4.69, 9.17) is 19.9 Å². The van der Waals surface area contributed by atoms with Crippen molar-refractivity contribution in [3.8, 4) is 5.75 Å². The molecule has 5 nitrogen and oxygen atoms in total. The summed E-state index contributed by atoms with van der Waals surface area (Å²) in [6.45, 7) is 2.05. The number of rotatable bonds is 4. The Labute approximate surface area is 87.1 Å². The minimum Gasteiger partial charge on any atom is -0.494 e. The van der Waals surface area contributed by atoms with E-state index in [0.29, 0.717) is 6.61 Å². The highest BCUT2D eigenvalue weighted by Gasteiger charge is 2.18. The molecule has 3 N–H and O–H groups in total. The molecule has 0 saturated carbocycles. The first-order valence-corrected chi connectivity index (χ1v) is 4.42. The molecule has 0 saturated heterocycles. The summed E-state index contributed by atoms with van der Waals surface area (Å²) in [4.78, 5) is 10.7. The number of carbonyl (C=O) groups is 1. The molecular weight excluding hydrogens is 199 g/mol. The Morgan fingerprint density at radius 3 is 2.60 bits per heavy atom. The average Bonchev–Trinajstić information content (AvgIpc) is 2.17. The normalized spacial score (nSPS) is 9.80. The zero-order chi connectivity index (χ0) is 11.4. The van der Waals surface area contributed by atoms with Crippen molar-refractivity contribution in [3.05, 3.63) is 23.8 Å². The number of carboxylic acids is 1. The highest BCUT2D eigenvalue weighted by atomic mass is 16.5. The zero-order valence-corrected chi connectivity index (χ0v) is 8.17. The largest absolute Gasteiger partial charge is 0.494 e. The van der Waals surface area contributed by atoms with Crippen molar-refractivity contribution in [1.29, 1.82) is 0 Å². The van der Waals surface area contributed by atoms with Gasteiger partial charge in [-0.05, 0) is 19.1 Å². The van der Waals surface area contributed by atoms with Crippen LogP contribution in [0.15, 0.2) is 18.2 Å². The predicted molar refractivity (Wildman–Crippen MR) is 54.4 cm³/mol. The van der Waals surface area contributed by atoms with Crippen LogP contribution in [0, 0.1) is 0 Å². The van der Waals surface area contributed by atoms with Gasteiger partial charge < -0.3 is 19.9 Å². The van der Waals surface area contributed by atoms with Crippen molar-refractivity contribution in [1.82, 2.24) is 0 Å². The Bertz CT molecular complexity index is 364. The van der Waals surface area contributed by atoms with Crippen LogP contribution >= 0.6 is 0 Å². The molecule has 0 fully saturated rings. The van der Waals surface area contributed by atoms with Gasteiger partial charge >= 0.3 is 13.1 Å². The van der Waals surface area contributed by atoms with Crippen molar-refractivity contribution in [3.63, 3.8) is 0 Å². The van der Waals surface area contributed by atoms with Gasteiger partial charge in [-0.1, -0.05) is 6.07 Å². The van der Waals surface area contributed by atoms with Crippen LogP contribution in [0.4, 0.5) is 0 Å². The van der Waals surface area contributed by atoms with Crippen LogP contribution in [0.5, 0.6) is 5.75 Å². The molecule has 0 aliphatic rings. The molecule has 0 aromatic heterocycles. The van der Waals surface area contributed by atoms with Crippen LogP contribution in [-0.4, -0.2) is 34.8 Å². The molecule has 15 heavy (non-hydrogen) atoms. The van der Waals surface area contributed by atoms with E-state index in [0.717, 1.165) is 0 Å². The summed E-state index contributed by atoms with van der Waals surface area (Å²) in [6, 6.07) is 3.87. The van der Waals surface area contributed by atoms with Crippen molar-refractivity contribution in [2.45, 2.75) is 6.92 Å². The van der Waals surface area contributed by atoms with E-state index in [1.165, 1.54) is 18.2 Å². The number of hydrogen-bond acceptors (Lipinski definition) is 4. The second-order valence-electron chi connectivity index (χ2n) is 2.86. The molecule has 0 spiro atoms. The molecule has 1 aromatic rings. The third-order valence-corrected chi connectivity index (χ3v) is 1.84. The van der Waals surface area contributed by atoms with Gasteiger partial charge in [0.05, 0.1) is 12.2 Å². The molecule has 0 unspecified atom stereocenters. The molecule has 1 aromatic carbocycles. The van der Waals surface area contributed by atoms with Gasteiger partial charge in [-0.15, -0.1) is 0 Å². The molecule has 0 amide bonds. The third kappa shape index (κ3) is 2.71. The molecule has 80 valence electrons. The number of carboxylic acid groups (broad SMARTS) is 1. The molecule has 0 aliphatic carbocycles. The van der Waals surface area contributed by atoms with Crippen molar-refractivity contribution < 1.29 is 24.7 Å². The summed E-state index contributed by atoms with van der Waals surface area (Å²) >= 11 is 0. The summed E-state index contributed by atoms with van der Waals surface area (Å²) in [6.07, 6.45) is 0. The van der Waals surface area contributed by atoms with Gasteiger partial charge in [0.2, 0.25) is 0 Å². The maximum atomic E-state index is 10.7. The van der Waals surface area contributed by atoms with Crippen LogP contribution in [0.3, 0.4) is 0 Å². The number of aromatic carboxylic acids is 1. The second kappa shape index (κ2) is 4.81. The number of benzene rings is 1. The minimum atomic E-state index is -1.67. The van der Waals surface area contributed by atoms with Crippen LogP contribution in [0.2, 0.25) is 0 Å². The van der Waals surface area contributed by atoms with Gasteiger partial charge in [-0.3, -0.25) is 0 Å². The molecule has 6 heteroatoms. The molecule has 0 atom stereocenters. The molecule has 0 aliphatic heterocycles. The quantitative estimate of drug-likeness (QED) is 0.581. The Hall–Kier alpha value is -1.53. The van der Waals surface area contributed by atoms with E-state index in [-0.39, 0.29) is 16.8 Å². The lowest BCUT2D eigenvalue weighted by molar-refractivity contribution is 0.0696. The highest BCUT2D eigenvalue weighted by molar-refractivity contribution is 6.59. The van der Waals surface area contributed by atoms with Gasteiger partial charge in [-0.25, -0.2) is 4.79 Å². The third-order valence-electron chi connectivity index (χ3n) is 1.84. The van der Waals surface area contributed by atoms with E-state index in [1.807, 2.05) is 0 Å². The van der Waals surface area contributed by atoms with E-state index in [2.05, 4.69) is 0 Å². The monoisotopic (exact) mass is 210 g/mol. The first-order valence-electron chi connectivity index (χ1n) is 4.42. The predicted octanol–water partition coefficient (Wildman–Crippen LogP) is -0.537. The van der Waals surface area contributed by atoms with E-state index in [1.54, 1.807) is 6.92 Å². The fourth-order valence-electron chi connectivity index (χ4n) is 1.16.